The molecule has 0 radical (unpaired) electrons. The fourth-order valence-corrected chi connectivity index (χ4v) is 3.50. The van der Waals surface area contributed by atoms with Crippen molar-refractivity contribution in [2.75, 3.05) is 19.0 Å². The van der Waals surface area contributed by atoms with Gasteiger partial charge in [0.25, 0.3) is 0 Å². The van der Waals surface area contributed by atoms with Crippen molar-refractivity contribution < 1.29 is 4.79 Å². The highest BCUT2D eigenvalue weighted by Gasteiger charge is 2.45. The van der Waals surface area contributed by atoms with Crippen molar-refractivity contribution in [3.05, 3.63) is 0 Å². The van der Waals surface area contributed by atoms with Gasteiger partial charge in [-0.3, -0.25) is 4.79 Å². The minimum absolute atomic E-state index is 0.103. The molecule has 2 aliphatic rings. The number of likely N-dealkylation sites (tertiary alicyclic amines) is 1. The second-order valence-electron chi connectivity index (χ2n) is 5.56. The van der Waals surface area contributed by atoms with E-state index in [1.54, 1.807) is 6.92 Å². The molecule has 2 fully saturated rings. The fourth-order valence-electron chi connectivity index (χ4n) is 3.24. The quantitative estimate of drug-likeness (QED) is 0.750. The summed E-state index contributed by atoms with van der Waals surface area (Å²) < 4.78 is 0. The summed E-state index contributed by atoms with van der Waals surface area (Å²) in [4.78, 5) is 13.8. The molecular weight excluding hydrogens is 224 g/mol. The lowest BCUT2D eigenvalue weighted by molar-refractivity contribution is -0.131. The molecule has 3 atom stereocenters. The highest BCUT2D eigenvalue weighted by atomic mass is 35.5. The number of carbonyl (C=O) groups excluding carboxylic acids is 1. The minimum Gasteiger partial charge on any atom is -0.341 e. The van der Waals surface area contributed by atoms with Gasteiger partial charge in [-0.25, -0.2) is 0 Å². The number of halogens is 1. The molecule has 1 amide bonds. The van der Waals surface area contributed by atoms with Crippen molar-refractivity contribution in [1.29, 1.82) is 0 Å². The Morgan fingerprint density at radius 3 is 2.94 bits per heavy atom. The molecule has 4 heteroatoms. The Kier molecular flexibility index (Phi) is 3.45. The molecule has 3 nitrogen and oxygen atoms in total. The SMILES string of the molecule is C[C@@H](N)C(=O)N1CC[C@]2(CC[C@@H](CCl)C2)C1. The maximum Gasteiger partial charge on any atom is 0.239 e. The molecule has 0 aromatic heterocycles. The third kappa shape index (κ3) is 2.21. The first-order valence-corrected chi connectivity index (χ1v) is 6.70. The van der Waals surface area contributed by atoms with E-state index in [0.717, 1.165) is 25.4 Å². The van der Waals surface area contributed by atoms with E-state index < -0.39 is 0 Å². The first kappa shape index (κ1) is 12.2. The van der Waals surface area contributed by atoms with Crippen molar-refractivity contribution >= 4 is 17.5 Å². The molecule has 16 heavy (non-hydrogen) atoms. The summed E-state index contributed by atoms with van der Waals surface area (Å²) in [6.45, 7) is 3.56. The highest BCUT2D eigenvalue weighted by Crippen LogP contribution is 2.48. The Morgan fingerprint density at radius 2 is 2.38 bits per heavy atom. The van der Waals surface area contributed by atoms with Crippen LogP contribution in [0.25, 0.3) is 0 Å². The van der Waals surface area contributed by atoms with Crippen LogP contribution in [0.1, 0.15) is 32.6 Å². The third-order valence-electron chi connectivity index (χ3n) is 4.16. The lowest BCUT2D eigenvalue weighted by Crippen LogP contribution is -2.41. The molecule has 1 aliphatic carbocycles. The van der Waals surface area contributed by atoms with Crippen LogP contribution in [0.15, 0.2) is 0 Å². The van der Waals surface area contributed by atoms with E-state index in [4.69, 9.17) is 17.3 Å². The molecule has 0 bridgehead atoms. The predicted molar refractivity (Wildman–Crippen MR) is 65.3 cm³/mol. The Hall–Kier alpha value is -0.280. The van der Waals surface area contributed by atoms with E-state index in [9.17, 15) is 4.79 Å². The second-order valence-corrected chi connectivity index (χ2v) is 5.87. The van der Waals surface area contributed by atoms with Crippen LogP contribution < -0.4 is 5.73 Å². The van der Waals surface area contributed by atoms with E-state index in [2.05, 4.69) is 0 Å². The van der Waals surface area contributed by atoms with E-state index in [0.29, 0.717) is 11.3 Å². The number of alkyl halides is 1. The van der Waals surface area contributed by atoms with Gasteiger partial charge in [-0.1, -0.05) is 0 Å². The topological polar surface area (TPSA) is 46.3 Å². The van der Waals surface area contributed by atoms with Crippen LogP contribution in [0.3, 0.4) is 0 Å². The normalized spacial score (nSPS) is 35.9. The molecule has 0 unspecified atom stereocenters. The Morgan fingerprint density at radius 1 is 1.62 bits per heavy atom. The first-order valence-electron chi connectivity index (χ1n) is 6.17. The van der Waals surface area contributed by atoms with Crippen LogP contribution in [0.2, 0.25) is 0 Å². The lowest BCUT2D eigenvalue weighted by atomic mass is 9.85. The largest absolute Gasteiger partial charge is 0.341 e. The second kappa shape index (κ2) is 4.53. The molecule has 92 valence electrons. The van der Waals surface area contributed by atoms with Gasteiger partial charge in [-0.15, -0.1) is 11.6 Å². The summed E-state index contributed by atoms with van der Waals surface area (Å²) in [5.74, 6) is 1.53. The summed E-state index contributed by atoms with van der Waals surface area (Å²) >= 11 is 5.92. The van der Waals surface area contributed by atoms with Gasteiger partial charge >= 0.3 is 0 Å². The summed E-state index contributed by atoms with van der Waals surface area (Å²) in [5.41, 5.74) is 6.01. The molecule has 2 N–H and O–H groups in total. The van der Waals surface area contributed by atoms with Crippen LogP contribution in [-0.4, -0.2) is 35.8 Å². The van der Waals surface area contributed by atoms with E-state index in [1.165, 1.54) is 19.3 Å². The smallest absolute Gasteiger partial charge is 0.239 e. The van der Waals surface area contributed by atoms with Gasteiger partial charge in [-0.2, -0.15) is 0 Å². The molecule has 0 aromatic carbocycles. The minimum atomic E-state index is -0.361. The standard InChI is InChI=1S/C12H21ClN2O/c1-9(14)11(16)15-5-4-12(8-15)3-2-10(6-12)7-13/h9-10H,2-8,14H2,1H3/t9-,10-,12+/m1/s1. The van der Waals surface area contributed by atoms with Crippen LogP contribution in [0, 0.1) is 11.3 Å². The van der Waals surface area contributed by atoms with Gasteiger partial charge in [0.15, 0.2) is 0 Å². The fraction of sp³-hybridized carbons (Fsp3) is 0.917. The van der Waals surface area contributed by atoms with Gasteiger partial charge < -0.3 is 10.6 Å². The molecule has 2 rings (SSSR count). The number of hydrogen-bond acceptors (Lipinski definition) is 2. The zero-order valence-electron chi connectivity index (χ0n) is 9.92. The van der Waals surface area contributed by atoms with Crippen molar-refractivity contribution in [3.8, 4) is 0 Å². The van der Waals surface area contributed by atoms with Gasteiger partial charge in [0.2, 0.25) is 5.91 Å². The maximum atomic E-state index is 11.8. The Labute approximate surface area is 102 Å². The van der Waals surface area contributed by atoms with Crippen LogP contribution in [0.4, 0.5) is 0 Å². The Bertz CT molecular complexity index is 282. The Balaban J connectivity index is 1.95. The average Bonchev–Trinajstić information content (AvgIpc) is 2.85. The van der Waals surface area contributed by atoms with Gasteiger partial charge in [0, 0.05) is 19.0 Å². The number of carbonyl (C=O) groups is 1. The van der Waals surface area contributed by atoms with Crippen molar-refractivity contribution in [2.24, 2.45) is 17.1 Å². The molecule has 0 aromatic rings. The summed E-state index contributed by atoms with van der Waals surface area (Å²) in [6, 6.07) is -0.361. The third-order valence-corrected chi connectivity index (χ3v) is 4.60. The molecular formula is C12H21ClN2O. The monoisotopic (exact) mass is 244 g/mol. The molecule has 1 heterocycles. The van der Waals surface area contributed by atoms with Crippen LogP contribution >= 0.6 is 11.6 Å². The number of rotatable bonds is 2. The van der Waals surface area contributed by atoms with Gasteiger partial charge in [0.1, 0.15) is 0 Å². The number of nitrogens with zero attached hydrogens (tertiary/aromatic N) is 1. The van der Waals surface area contributed by atoms with Crippen molar-refractivity contribution in [1.82, 2.24) is 4.90 Å². The number of amides is 1. The first-order chi connectivity index (χ1) is 7.56. The zero-order valence-corrected chi connectivity index (χ0v) is 10.7. The average molecular weight is 245 g/mol. The lowest BCUT2D eigenvalue weighted by Gasteiger charge is -2.25. The van der Waals surface area contributed by atoms with Crippen LogP contribution in [0.5, 0.6) is 0 Å². The summed E-state index contributed by atoms with van der Waals surface area (Å²) in [7, 11) is 0. The van der Waals surface area contributed by atoms with Crippen molar-refractivity contribution in [3.63, 3.8) is 0 Å². The highest BCUT2D eigenvalue weighted by molar-refractivity contribution is 6.18. The van der Waals surface area contributed by atoms with E-state index >= 15 is 0 Å². The van der Waals surface area contributed by atoms with Crippen LogP contribution in [-0.2, 0) is 4.79 Å². The van der Waals surface area contributed by atoms with Gasteiger partial charge in [-0.05, 0) is 43.9 Å². The van der Waals surface area contributed by atoms with Crippen molar-refractivity contribution in [2.45, 2.75) is 38.6 Å². The maximum absolute atomic E-state index is 11.8. The van der Waals surface area contributed by atoms with E-state index in [1.807, 2.05) is 4.90 Å². The molecule has 1 aliphatic heterocycles. The molecule has 1 saturated heterocycles. The molecule has 1 spiro atoms. The molecule has 1 saturated carbocycles. The number of nitrogens with two attached hydrogens (primary N) is 1. The summed E-state index contributed by atoms with van der Waals surface area (Å²) in [6.07, 6.45) is 4.79. The number of hydrogen-bond donors (Lipinski definition) is 1. The summed E-state index contributed by atoms with van der Waals surface area (Å²) in [5, 5.41) is 0. The van der Waals surface area contributed by atoms with Gasteiger partial charge in [0.05, 0.1) is 6.04 Å². The zero-order chi connectivity index (χ0) is 11.8. The van der Waals surface area contributed by atoms with E-state index in [-0.39, 0.29) is 11.9 Å². The predicted octanol–water partition coefficient (Wildman–Crippen LogP) is 1.59.